The van der Waals surface area contributed by atoms with Crippen molar-refractivity contribution in [3.8, 4) is 17.1 Å². The zero-order valence-corrected chi connectivity index (χ0v) is 19.4. The predicted octanol–water partition coefficient (Wildman–Crippen LogP) is 4.49. The molecule has 35 heavy (non-hydrogen) atoms. The van der Waals surface area contributed by atoms with Gasteiger partial charge >= 0.3 is 0 Å². The maximum absolute atomic E-state index is 13.0. The summed E-state index contributed by atoms with van der Waals surface area (Å²) in [6, 6.07) is 17.6. The smallest absolute Gasteiger partial charge is 0.253 e. The molecule has 176 valence electrons. The van der Waals surface area contributed by atoms with Gasteiger partial charge in [0.05, 0.1) is 30.7 Å². The molecule has 1 aliphatic rings. The number of nitrogens with two attached hydrogens (primary N) is 1. The number of amides is 1. The van der Waals surface area contributed by atoms with Gasteiger partial charge in [-0.15, -0.1) is 0 Å². The van der Waals surface area contributed by atoms with Crippen LogP contribution in [0.3, 0.4) is 0 Å². The maximum atomic E-state index is 13.0. The molecule has 0 aliphatic carbocycles. The molecule has 5 aromatic rings. The molecule has 1 amide bonds. The van der Waals surface area contributed by atoms with Crippen LogP contribution in [0.25, 0.3) is 27.8 Å². The summed E-state index contributed by atoms with van der Waals surface area (Å²) in [7, 11) is 1.62. The fourth-order valence-electron chi connectivity index (χ4n) is 5.01. The van der Waals surface area contributed by atoms with Crippen molar-refractivity contribution in [1.29, 1.82) is 0 Å². The van der Waals surface area contributed by atoms with Gasteiger partial charge in [-0.2, -0.15) is 0 Å². The first-order valence-corrected chi connectivity index (χ1v) is 11.8. The van der Waals surface area contributed by atoms with Crippen LogP contribution in [0.4, 0.5) is 5.82 Å². The van der Waals surface area contributed by atoms with E-state index in [9.17, 15) is 4.79 Å². The second-order valence-corrected chi connectivity index (χ2v) is 8.94. The van der Waals surface area contributed by atoms with Gasteiger partial charge in [-0.1, -0.05) is 18.2 Å². The summed E-state index contributed by atoms with van der Waals surface area (Å²) in [5, 5.41) is 1.13. The highest BCUT2D eigenvalue weighted by molar-refractivity contribution is 5.94. The number of imidazole rings is 1. The molecule has 1 saturated heterocycles. The van der Waals surface area contributed by atoms with E-state index >= 15 is 0 Å². The van der Waals surface area contributed by atoms with Crippen molar-refractivity contribution in [2.45, 2.75) is 18.8 Å². The monoisotopic (exact) mass is 466 g/mol. The van der Waals surface area contributed by atoms with Crippen molar-refractivity contribution in [3.05, 3.63) is 78.4 Å². The molecule has 0 spiro atoms. The van der Waals surface area contributed by atoms with Crippen molar-refractivity contribution in [1.82, 2.24) is 24.3 Å². The highest BCUT2D eigenvalue weighted by Crippen LogP contribution is 2.35. The molecule has 0 radical (unpaired) electrons. The van der Waals surface area contributed by atoms with Crippen LogP contribution in [0, 0.1) is 0 Å². The van der Waals surface area contributed by atoms with Gasteiger partial charge in [-0.05, 0) is 49.2 Å². The molecular formula is C27H26N6O2. The molecule has 6 rings (SSSR count). The number of ether oxygens (including phenoxy) is 1. The van der Waals surface area contributed by atoms with Gasteiger partial charge in [0.25, 0.3) is 5.91 Å². The predicted molar refractivity (Wildman–Crippen MR) is 136 cm³/mol. The number of methoxy groups -OCH3 is 1. The Morgan fingerprint density at radius 2 is 1.86 bits per heavy atom. The van der Waals surface area contributed by atoms with E-state index < -0.39 is 0 Å². The number of nitrogens with one attached hydrogen (secondary N) is 1. The Labute approximate surface area is 202 Å². The number of fused-ring (bicyclic) bond motifs is 2. The minimum Gasteiger partial charge on any atom is -0.497 e. The number of likely N-dealkylation sites (tertiary alicyclic amines) is 1. The number of hydrogen-bond acceptors (Lipinski definition) is 5. The standard InChI is InChI=1S/C27H26N6O2/c1-35-20-8-6-18(7-9-20)27(34)32-12-10-17(11-13-32)26-31-25(23-15-29-16-24(28)33(23)26)22-14-19-4-2-3-5-21(19)30-22/h2-9,14-17,30H,10-13,28H2,1H3. The van der Waals surface area contributed by atoms with Crippen LogP contribution in [-0.4, -0.2) is 50.4 Å². The van der Waals surface area contributed by atoms with Gasteiger partial charge < -0.3 is 20.4 Å². The summed E-state index contributed by atoms with van der Waals surface area (Å²) < 4.78 is 7.22. The lowest BCUT2D eigenvalue weighted by atomic mass is 9.95. The first kappa shape index (κ1) is 21.2. The first-order valence-electron chi connectivity index (χ1n) is 11.8. The lowest BCUT2D eigenvalue weighted by molar-refractivity contribution is 0.0711. The van der Waals surface area contributed by atoms with Crippen LogP contribution in [-0.2, 0) is 0 Å². The summed E-state index contributed by atoms with van der Waals surface area (Å²) >= 11 is 0. The Balaban J connectivity index is 1.29. The van der Waals surface area contributed by atoms with E-state index in [1.54, 1.807) is 13.3 Å². The Hall–Kier alpha value is -4.33. The van der Waals surface area contributed by atoms with Crippen LogP contribution in [0.2, 0.25) is 0 Å². The Morgan fingerprint density at radius 3 is 2.60 bits per heavy atom. The molecule has 1 fully saturated rings. The average molecular weight is 467 g/mol. The van der Waals surface area contributed by atoms with Crippen LogP contribution < -0.4 is 10.5 Å². The number of para-hydroxylation sites is 1. The van der Waals surface area contributed by atoms with Gasteiger partial charge in [0.1, 0.15) is 23.1 Å². The summed E-state index contributed by atoms with van der Waals surface area (Å²) in [6.45, 7) is 1.33. The van der Waals surface area contributed by atoms with Crippen molar-refractivity contribution >= 4 is 28.1 Å². The van der Waals surface area contributed by atoms with Gasteiger partial charge in [-0.25, -0.2) is 4.98 Å². The first-order chi connectivity index (χ1) is 17.1. The lowest BCUT2D eigenvalue weighted by Gasteiger charge is -2.31. The van der Waals surface area contributed by atoms with Gasteiger partial charge in [-0.3, -0.25) is 14.2 Å². The number of H-pyrrole nitrogens is 1. The third-order valence-corrected chi connectivity index (χ3v) is 6.87. The number of rotatable bonds is 4. The molecule has 0 atom stereocenters. The number of anilines is 1. The number of nitrogen functional groups attached to an aromatic ring is 1. The molecule has 3 N–H and O–H groups in total. The van der Waals surface area contributed by atoms with E-state index in [0.717, 1.165) is 52.2 Å². The van der Waals surface area contributed by atoms with E-state index in [1.807, 2.05) is 51.9 Å². The topological polar surface area (TPSA) is 102 Å². The van der Waals surface area contributed by atoms with E-state index in [1.165, 1.54) is 0 Å². The molecule has 8 nitrogen and oxygen atoms in total. The molecule has 1 aliphatic heterocycles. The van der Waals surface area contributed by atoms with Gasteiger partial charge in [0.2, 0.25) is 0 Å². The third kappa shape index (κ3) is 3.67. The zero-order chi connectivity index (χ0) is 23.9. The number of carbonyl (C=O) groups is 1. The number of aromatic amines is 1. The number of piperidine rings is 1. The fraction of sp³-hybridized carbons (Fsp3) is 0.222. The summed E-state index contributed by atoms with van der Waals surface area (Å²) in [4.78, 5) is 27.8. The van der Waals surface area contributed by atoms with E-state index in [4.69, 9.17) is 15.5 Å². The summed E-state index contributed by atoms with van der Waals surface area (Å²) in [5.41, 5.74) is 10.8. The molecule has 2 aromatic carbocycles. The van der Waals surface area contributed by atoms with Gasteiger partial charge in [0, 0.05) is 35.5 Å². The van der Waals surface area contributed by atoms with Crippen molar-refractivity contribution in [3.63, 3.8) is 0 Å². The number of aromatic nitrogens is 4. The molecule has 3 aromatic heterocycles. The Bertz CT molecular complexity index is 1490. The minimum atomic E-state index is 0.0431. The van der Waals surface area contributed by atoms with Crippen LogP contribution >= 0.6 is 0 Å². The highest BCUT2D eigenvalue weighted by atomic mass is 16.5. The lowest BCUT2D eigenvalue weighted by Crippen LogP contribution is -2.38. The van der Waals surface area contributed by atoms with E-state index in [2.05, 4.69) is 28.2 Å². The molecule has 0 bridgehead atoms. The summed E-state index contributed by atoms with van der Waals surface area (Å²) in [5.74, 6) is 2.45. The van der Waals surface area contributed by atoms with E-state index in [0.29, 0.717) is 24.5 Å². The number of carbonyl (C=O) groups excluding carboxylic acids is 1. The molecule has 8 heteroatoms. The largest absolute Gasteiger partial charge is 0.497 e. The molecule has 0 saturated carbocycles. The second-order valence-electron chi connectivity index (χ2n) is 8.94. The zero-order valence-electron chi connectivity index (χ0n) is 19.4. The molecule has 0 unspecified atom stereocenters. The second kappa shape index (κ2) is 8.47. The number of nitrogens with zero attached hydrogens (tertiary/aromatic N) is 4. The minimum absolute atomic E-state index is 0.0431. The van der Waals surface area contributed by atoms with E-state index in [-0.39, 0.29) is 11.8 Å². The van der Waals surface area contributed by atoms with Gasteiger partial charge in [0.15, 0.2) is 0 Å². The van der Waals surface area contributed by atoms with Crippen molar-refractivity contribution in [2.24, 2.45) is 0 Å². The normalized spacial score (nSPS) is 14.6. The van der Waals surface area contributed by atoms with Crippen molar-refractivity contribution in [2.75, 3.05) is 25.9 Å². The fourth-order valence-corrected chi connectivity index (χ4v) is 5.01. The summed E-state index contributed by atoms with van der Waals surface area (Å²) in [6.07, 6.45) is 5.11. The Morgan fingerprint density at radius 1 is 1.09 bits per heavy atom. The SMILES string of the molecule is COc1ccc(C(=O)N2CCC(c3nc(-c4cc5ccccc5[nH]4)c4cncc(N)n34)CC2)cc1. The third-order valence-electron chi connectivity index (χ3n) is 6.87. The number of benzene rings is 2. The average Bonchev–Trinajstić information content (AvgIpc) is 3.51. The maximum Gasteiger partial charge on any atom is 0.253 e. The number of hydrogen-bond donors (Lipinski definition) is 2. The highest BCUT2D eigenvalue weighted by Gasteiger charge is 2.29. The van der Waals surface area contributed by atoms with Crippen molar-refractivity contribution < 1.29 is 9.53 Å². The van der Waals surface area contributed by atoms with Crippen LogP contribution in [0.1, 0.15) is 34.9 Å². The Kier molecular flexibility index (Phi) is 5.13. The molecule has 4 heterocycles. The quantitative estimate of drug-likeness (QED) is 0.406. The van der Waals surface area contributed by atoms with Crippen LogP contribution in [0.15, 0.2) is 67.0 Å². The molecular weight excluding hydrogens is 440 g/mol. The van der Waals surface area contributed by atoms with Crippen LogP contribution in [0.5, 0.6) is 5.75 Å².